The van der Waals surface area contributed by atoms with E-state index < -0.39 is 6.04 Å². The van der Waals surface area contributed by atoms with Crippen LogP contribution >= 0.6 is 11.8 Å². The van der Waals surface area contributed by atoms with Crippen molar-refractivity contribution in [3.8, 4) is 17.2 Å². The molecule has 0 bridgehead atoms. The molecule has 24 heavy (non-hydrogen) atoms. The van der Waals surface area contributed by atoms with Crippen molar-refractivity contribution < 1.29 is 9.53 Å². The van der Waals surface area contributed by atoms with Gasteiger partial charge in [-0.1, -0.05) is 36.4 Å². The quantitative estimate of drug-likeness (QED) is 0.480. The summed E-state index contributed by atoms with van der Waals surface area (Å²) in [6.07, 6.45) is 1.86. The molecule has 2 atom stereocenters. The number of carbonyl (C=O) groups is 1. The average molecular weight is 334 g/mol. The van der Waals surface area contributed by atoms with Crippen molar-refractivity contribution in [1.82, 2.24) is 0 Å². The fourth-order valence-electron chi connectivity index (χ4n) is 3.17. The summed E-state index contributed by atoms with van der Waals surface area (Å²) in [6.45, 7) is 7.34. The van der Waals surface area contributed by atoms with E-state index in [1.165, 1.54) is 11.8 Å². The van der Waals surface area contributed by atoms with Crippen molar-refractivity contribution in [3.05, 3.63) is 70.6 Å². The van der Waals surface area contributed by atoms with Gasteiger partial charge in [0.1, 0.15) is 5.94 Å². The third-order valence-corrected chi connectivity index (χ3v) is 4.47. The Labute approximate surface area is 144 Å². The maximum absolute atomic E-state index is 12.4. The van der Waals surface area contributed by atoms with Gasteiger partial charge in [-0.15, -0.1) is 11.8 Å². The molecule has 2 aromatic rings. The predicted octanol–water partition coefficient (Wildman–Crippen LogP) is 4.09. The van der Waals surface area contributed by atoms with Crippen molar-refractivity contribution in [2.45, 2.75) is 12.0 Å². The van der Waals surface area contributed by atoms with Crippen LogP contribution in [0.5, 0.6) is 0 Å². The Balaban J connectivity index is 2.19. The molecule has 2 aromatic carbocycles. The van der Waals surface area contributed by atoms with E-state index in [-0.39, 0.29) is 17.8 Å². The summed E-state index contributed by atoms with van der Waals surface area (Å²) in [5.74, 6) is -0.434. The number of esters is 1. The number of carbonyl (C=O) groups excluding carboxylic acids is 1. The number of rotatable bonds is 4. The zero-order chi connectivity index (χ0) is 17.1. The molecule has 4 nitrogen and oxygen atoms in total. The molecule has 1 aliphatic carbocycles. The number of thioether (sulfide) groups is 1. The highest BCUT2D eigenvalue weighted by Crippen LogP contribution is 2.48. The molecule has 3 rings (SSSR count). The zero-order valence-electron chi connectivity index (χ0n) is 13.0. The molecule has 0 radical (unpaired) electrons. The van der Waals surface area contributed by atoms with Crippen molar-refractivity contribution in [1.29, 1.82) is 5.26 Å². The van der Waals surface area contributed by atoms with Crippen LogP contribution in [-0.2, 0) is 4.74 Å². The van der Waals surface area contributed by atoms with Crippen LogP contribution in [-0.4, -0.2) is 24.2 Å². The number of hydrogen-bond donors (Lipinski definition) is 0. The Morgan fingerprint density at radius 2 is 2.08 bits per heavy atom. The van der Waals surface area contributed by atoms with Gasteiger partial charge in [0.05, 0.1) is 11.5 Å². The average Bonchev–Trinajstić information content (AvgIpc) is 2.96. The second-order valence-electron chi connectivity index (χ2n) is 5.38. The van der Waals surface area contributed by atoms with Crippen molar-refractivity contribution in [2.75, 3.05) is 12.2 Å². The molecule has 1 aliphatic rings. The van der Waals surface area contributed by atoms with Crippen LogP contribution in [0, 0.1) is 17.9 Å². The Morgan fingerprint density at radius 1 is 1.33 bits per heavy atom. The number of hydrogen-bond acceptors (Lipinski definition) is 4. The van der Waals surface area contributed by atoms with Gasteiger partial charge in [0.15, 0.2) is 6.07 Å². The molecular weight excluding hydrogens is 320 g/mol. The third kappa shape index (κ3) is 2.54. The molecule has 0 saturated carbocycles. The normalized spacial score (nSPS) is 15.5. The first-order chi connectivity index (χ1) is 11.7. The molecule has 2 unspecified atom stereocenters. The van der Waals surface area contributed by atoms with Gasteiger partial charge in [-0.25, -0.2) is 11.4 Å². The van der Waals surface area contributed by atoms with Gasteiger partial charge in [0, 0.05) is 5.56 Å². The predicted molar refractivity (Wildman–Crippen MR) is 93.5 cm³/mol. The number of ether oxygens (including phenoxy) is 1. The van der Waals surface area contributed by atoms with Crippen LogP contribution in [0.4, 0.5) is 0 Å². The van der Waals surface area contributed by atoms with E-state index in [2.05, 4.69) is 10.9 Å². The monoisotopic (exact) mass is 334 g/mol. The Morgan fingerprint density at radius 3 is 2.79 bits per heavy atom. The lowest BCUT2D eigenvalue weighted by atomic mass is 9.90. The maximum Gasteiger partial charge on any atom is 0.339 e. The van der Waals surface area contributed by atoms with Gasteiger partial charge in [0.2, 0.25) is 0 Å². The molecule has 0 amide bonds. The second-order valence-corrected chi connectivity index (χ2v) is 6.19. The number of fused-ring (bicyclic) bond motifs is 3. The zero-order valence-corrected chi connectivity index (χ0v) is 13.8. The van der Waals surface area contributed by atoms with E-state index >= 15 is 0 Å². The topological polar surface area (TPSA) is 54.5 Å². The summed E-state index contributed by atoms with van der Waals surface area (Å²) in [7, 11) is 0. The summed E-state index contributed by atoms with van der Waals surface area (Å²) in [4.78, 5) is 15.9. The maximum atomic E-state index is 12.4. The van der Waals surface area contributed by atoms with E-state index in [1.54, 1.807) is 12.1 Å². The second kappa shape index (κ2) is 6.78. The van der Waals surface area contributed by atoms with Gasteiger partial charge >= 0.3 is 12.0 Å². The highest BCUT2D eigenvalue weighted by atomic mass is 32.2. The van der Waals surface area contributed by atoms with Crippen LogP contribution in [0.2, 0.25) is 0 Å². The van der Waals surface area contributed by atoms with Gasteiger partial charge < -0.3 is 4.74 Å². The lowest BCUT2D eigenvalue weighted by Crippen LogP contribution is -2.13. The molecule has 0 fully saturated rings. The van der Waals surface area contributed by atoms with Crippen LogP contribution in [0.3, 0.4) is 0 Å². The first-order valence-corrected chi connectivity index (χ1v) is 8.76. The van der Waals surface area contributed by atoms with Gasteiger partial charge in [-0.05, 0) is 29.0 Å². The SMILES string of the molecule is [C-]#[N+]C(C#N)C1c2ccccc2-c2c(C(=O)OCSC)cccc21. The Bertz CT molecular complexity index is 866. The summed E-state index contributed by atoms with van der Waals surface area (Å²) in [5.41, 5.74) is 3.93. The van der Waals surface area contributed by atoms with Crippen molar-refractivity contribution in [2.24, 2.45) is 0 Å². The number of nitrogens with zero attached hydrogens (tertiary/aromatic N) is 2. The molecule has 0 aromatic heterocycles. The van der Waals surface area contributed by atoms with Crippen LogP contribution in [0.1, 0.15) is 27.4 Å². The lowest BCUT2D eigenvalue weighted by molar-refractivity contribution is 0.0580. The molecule has 0 spiro atoms. The minimum absolute atomic E-state index is 0.288. The molecule has 0 heterocycles. The van der Waals surface area contributed by atoms with Crippen LogP contribution in [0.25, 0.3) is 16.0 Å². The standard InChI is InChI=1S/C19H14N2O2S/c1-21-16(10-20)18-13-7-4-3-6-12(13)17-14(18)8-5-9-15(17)19(22)23-11-24-2/h3-9,16,18H,11H2,2H3. The summed E-state index contributed by atoms with van der Waals surface area (Å²) in [5, 5.41) is 9.37. The Hall–Kier alpha value is -2.76. The molecule has 118 valence electrons. The lowest BCUT2D eigenvalue weighted by Gasteiger charge is -2.11. The van der Waals surface area contributed by atoms with Crippen LogP contribution < -0.4 is 0 Å². The van der Waals surface area contributed by atoms with E-state index in [9.17, 15) is 10.1 Å². The van der Waals surface area contributed by atoms with Gasteiger partial charge in [0.25, 0.3) is 0 Å². The third-order valence-electron chi connectivity index (χ3n) is 4.11. The Kier molecular flexibility index (Phi) is 4.55. The summed E-state index contributed by atoms with van der Waals surface area (Å²) < 4.78 is 5.26. The first-order valence-electron chi connectivity index (χ1n) is 7.37. The highest BCUT2D eigenvalue weighted by molar-refractivity contribution is 7.98. The minimum atomic E-state index is -0.815. The molecule has 0 aliphatic heterocycles. The summed E-state index contributed by atoms with van der Waals surface area (Å²) >= 11 is 1.43. The van der Waals surface area contributed by atoms with E-state index in [4.69, 9.17) is 11.3 Å². The van der Waals surface area contributed by atoms with Crippen LogP contribution in [0.15, 0.2) is 42.5 Å². The van der Waals surface area contributed by atoms with E-state index in [0.29, 0.717) is 5.56 Å². The number of benzene rings is 2. The smallest absolute Gasteiger partial charge is 0.339 e. The molecule has 0 saturated heterocycles. The van der Waals surface area contributed by atoms with E-state index in [1.807, 2.05) is 36.6 Å². The van der Waals surface area contributed by atoms with Crippen molar-refractivity contribution >= 4 is 17.7 Å². The highest BCUT2D eigenvalue weighted by Gasteiger charge is 2.40. The fourth-order valence-corrected chi connectivity index (χ4v) is 3.40. The van der Waals surface area contributed by atoms with Gasteiger partial charge in [-0.2, -0.15) is 5.26 Å². The first kappa shape index (κ1) is 16.1. The number of nitriles is 1. The molecular formula is C19H14N2O2S. The van der Waals surface area contributed by atoms with E-state index in [0.717, 1.165) is 22.3 Å². The minimum Gasteiger partial charge on any atom is -0.451 e. The largest absolute Gasteiger partial charge is 0.451 e. The summed E-state index contributed by atoms with van der Waals surface area (Å²) in [6, 6.07) is 14.3. The fraction of sp³-hybridized carbons (Fsp3) is 0.211. The van der Waals surface area contributed by atoms with Crippen molar-refractivity contribution in [3.63, 3.8) is 0 Å². The van der Waals surface area contributed by atoms with Gasteiger partial charge in [-0.3, -0.25) is 4.85 Å². The molecule has 0 N–H and O–H groups in total. The molecule has 5 heteroatoms.